The molecule has 2 unspecified atom stereocenters. The summed E-state index contributed by atoms with van der Waals surface area (Å²) in [6, 6.07) is 18.4. The van der Waals surface area contributed by atoms with Gasteiger partial charge in [-0.15, -0.1) is 0 Å². The highest BCUT2D eigenvalue weighted by molar-refractivity contribution is 5.33. The van der Waals surface area contributed by atoms with Crippen LogP contribution in [-0.2, 0) is 11.3 Å². The average Bonchev–Trinajstić information content (AvgIpc) is 2.59. The summed E-state index contributed by atoms with van der Waals surface area (Å²) in [6.07, 6.45) is 0.408. The van der Waals surface area contributed by atoms with Crippen molar-refractivity contribution in [2.24, 2.45) is 5.73 Å². The standard InChI is InChI=1S/C18H24N2O2/c1-21-17-11-7-6-10-15(17)13-20-16(12-18(19)22-2)14-8-4-3-5-9-14/h3-11,16,18,20H,12-13,19H2,1-2H3. The number of nitrogens with one attached hydrogen (secondary N) is 1. The van der Waals surface area contributed by atoms with E-state index >= 15 is 0 Å². The lowest BCUT2D eigenvalue weighted by molar-refractivity contribution is 0.0904. The Labute approximate surface area is 132 Å². The molecule has 0 aromatic heterocycles. The summed E-state index contributed by atoms with van der Waals surface area (Å²) in [5.74, 6) is 0.887. The molecule has 4 heteroatoms. The third-order valence-corrected chi connectivity index (χ3v) is 3.70. The van der Waals surface area contributed by atoms with Gasteiger partial charge in [0.25, 0.3) is 0 Å². The van der Waals surface area contributed by atoms with Crippen molar-refractivity contribution in [3.05, 3.63) is 65.7 Å². The molecular weight excluding hydrogens is 276 g/mol. The van der Waals surface area contributed by atoms with Gasteiger partial charge in [0, 0.05) is 31.7 Å². The molecule has 0 aliphatic carbocycles. The molecule has 3 N–H and O–H groups in total. The van der Waals surface area contributed by atoms with E-state index in [0.29, 0.717) is 13.0 Å². The maximum Gasteiger partial charge on any atom is 0.123 e. The van der Waals surface area contributed by atoms with Crippen molar-refractivity contribution in [2.45, 2.75) is 25.2 Å². The van der Waals surface area contributed by atoms with Crippen molar-refractivity contribution in [1.29, 1.82) is 0 Å². The molecule has 0 aliphatic rings. The topological polar surface area (TPSA) is 56.5 Å². The number of benzene rings is 2. The number of ether oxygens (including phenoxy) is 2. The number of hydrogen-bond acceptors (Lipinski definition) is 4. The largest absolute Gasteiger partial charge is 0.496 e. The predicted octanol–water partition coefficient (Wildman–Crippen LogP) is 2.85. The molecule has 0 aliphatic heterocycles. The van der Waals surface area contributed by atoms with Crippen LogP contribution in [0.15, 0.2) is 54.6 Å². The first-order chi connectivity index (χ1) is 10.7. The van der Waals surface area contributed by atoms with Crippen molar-refractivity contribution < 1.29 is 9.47 Å². The second-order valence-electron chi connectivity index (χ2n) is 5.17. The van der Waals surface area contributed by atoms with Crippen LogP contribution in [0.1, 0.15) is 23.6 Å². The normalized spacial score (nSPS) is 13.6. The van der Waals surface area contributed by atoms with E-state index in [1.54, 1.807) is 14.2 Å². The van der Waals surface area contributed by atoms with Gasteiger partial charge in [-0.2, -0.15) is 0 Å². The summed E-state index contributed by atoms with van der Waals surface area (Å²) in [5, 5.41) is 3.55. The van der Waals surface area contributed by atoms with Crippen molar-refractivity contribution >= 4 is 0 Å². The van der Waals surface area contributed by atoms with Crippen LogP contribution in [-0.4, -0.2) is 20.4 Å². The Morgan fingerprint density at radius 2 is 1.68 bits per heavy atom. The van der Waals surface area contributed by atoms with Crippen LogP contribution in [0.5, 0.6) is 5.75 Å². The average molecular weight is 300 g/mol. The smallest absolute Gasteiger partial charge is 0.123 e. The summed E-state index contributed by atoms with van der Waals surface area (Å²) in [7, 11) is 3.32. The van der Waals surface area contributed by atoms with Gasteiger partial charge >= 0.3 is 0 Å². The van der Waals surface area contributed by atoms with Gasteiger partial charge in [0.1, 0.15) is 12.0 Å². The van der Waals surface area contributed by atoms with Crippen LogP contribution in [0.3, 0.4) is 0 Å². The molecule has 0 radical (unpaired) electrons. The van der Waals surface area contributed by atoms with Gasteiger partial charge in [-0.25, -0.2) is 0 Å². The molecule has 2 rings (SSSR count). The minimum atomic E-state index is -0.296. The van der Waals surface area contributed by atoms with Crippen molar-refractivity contribution in [1.82, 2.24) is 5.32 Å². The zero-order valence-corrected chi connectivity index (χ0v) is 13.2. The second-order valence-corrected chi connectivity index (χ2v) is 5.17. The van der Waals surface area contributed by atoms with E-state index in [9.17, 15) is 0 Å². The molecule has 0 bridgehead atoms. The minimum absolute atomic E-state index is 0.126. The van der Waals surface area contributed by atoms with E-state index in [1.807, 2.05) is 36.4 Å². The van der Waals surface area contributed by atoms with Gasteiger partial charge in [0.05, 0.1) is 7.11 Å². The fraction of sp³-hybridized carbons (Fsp3) is 0.333. The summed E-state index contributed by atoms with van der Waals surface area (Å²) < 4.78 is 10.6. The first kappa shape index (κ1) is 16.5. The Hall–Kier alpha value is -1.88. The molecule has 2 aromatic rings. The molecule has 2 atom stereocenters. The highest BCUT2D eigenvalue weighted by Crippen LogP contribution is 2.22. The van der Waals surface area contributed by atoms with Crippen LogP contribution in [0, 0.1) is 0 Å². The molecule has 0 spiro atoms. The maximum atomic E-state index is 5.95. The number of rotatable bonds is 8. The van der Waals surface area contributed by atoms with Crippen LogP contribution in [0.4, 0.5) is 0 Å². The quantitative estimate of drug-likeness (QED) is 0.736. The Balaban J connectivity index is 2.09. The van der Waals surface area contributed by atoms with Gasteiger partial charge in [0.15, 0.2) is 0 Å². The van der Waals surface area contributed by atoms with Crippen LogP contribution in [0.25, 0.3) is 0 Å². The molecule has 4 nitrogen and oxygen atoms in total. The maximum absolute atomic E-state index is 5.95. The molecule has 2 aromatic carbocycles. The molecule has 0 heterocycles. The van der Waals surface area contributed by atoms with Gasteiger partial charge in [-0.1, -0.05) is 48.5 Å². The van der Waals surface area contributed by atoms with Gasteiger partial charge in [-0.05, 0) is 11.6 Å². The van der Waals surface area contributed by atoms with Crippen LogP contribution in [0.2, 0.25) is 0 Å². The predicted molar refractivity (Wildman–Crippen MR) is 88.6 cm³/mol. The minimum Gasteiger partial charge on any atom is -0.496 e. The zero-order chi connectivity index (χ0) is 15.8. The van der Waals surface area contributed by atoms with E-state index in [2.05, 4.69) is 23.5 Å². The Morgan fingerprint density at radius 3 is 2.36 bits per heavy atom. The van der Waals surface area contributed by atoms with Gasteiger partial charge in [0.2, 0.25) is 0 Å². The molecule has 0 saturated heterocycles. The summed E-state index contributed by atoms with van der Waals surface area (Å²) >= 11 is 0. The van der Waals surface area contributed by atoms with Gasteiger partial charge in [-0.3, -0.25) is 0 Å². The lowest BCUT2D eigenvalue weighted by Gasteiger charge is -2.22. The zero-order valence-electron chi connectivity index (χ0n) is 13.2. The Bertz CT molecular complexity index is 560. The number of methoxy groups -OCH3 is 2. The fourth-order valence-corrected chi connectivity index (χ4v) is 2.43. The van der Waals surface area contributed by atoms with E-state index in [-0.39, 0.29) is 12.3 Å². The van der Waals surface area contributed by atoms with Crippen molar-refractivity contribution in [3.8, 4) is 5.75 Å². The third kappa shape index (κ3) is 4.56. The number of nitrogens with two attached hydrogens (primary N) is 1. The number of para-hydroxylation sites is 1. The summed E-state index contributed by atoms with van der Waals surface area (Å²) in [5.41, 5.74) is 8.27. The Morgan fingerprint density at radius 1 is 1.00 bits per heavy atom. The molecule has 118 valence electrons. The molecule has 22 heavy (non-hydrogen) atoms. The highest BCUT2D eigenvalue weighted by Gasteiger charge is 2.15. The summed E-state index contributed by atoms with van der Waals surface area (Å²) in [4.78, 5) is 0. The molecule has 0 amide bonds. The first-order valence-electron chi connectivity index (χ1n) is 7.43. The van der Waals surface area contributed by atoms with E-state index in [0.717, 1.165) is 11.3 Å². The van der Waals surface area contributed by atoms with E-state index in [1.165, 1.54) is 5.56 Å². The molecule has 0 saturated carbocycles. The van der Waals surface area contributed by atoms with E-state index in [4.69, 9.17) is 15.2 Å². The highest BCUT2D eigenvalue weighted by atomic mass is 16.5. The van der Waals surface area contributed by atoms with E-state index < -0.39 is 0 Å². The fourth-order valence-electron chi connectivity index (χ4n) is 2.43. The second kappa shape index (κ2) is 8.54. The van der Waals surface area contributed by atoms with Gasteiger partial charge < -0.3 is 20.5 Å². The molecular formula is C18H24N2O2. The lowest BCUT2D eigenvalue weighted by Crippen LogP contribution is -2.31. The third-order valence-electron chi connectivity index (χ3n) is 3.70. The van der Waals surface area contributed by atoms with Crippen LogP contribution < -0.4 is 15.8 Å². The number of hydrogen-bond donors (Lipinski definition) is 2. The SMILES string of the molecule is COc1ccccc1CNC(CC(N)OC)c1ccccc1. The van der Waals surface area contributed by atoms with Crippen molar-refractivity contribution in [2.75, 3.05) is 14.2 Å². The van der Waals surface area contributed by atoms with Crippen molar-refractivity contribution in [3.63, 3.8) is 0 Å². The lowest BCUT2D eigenvalue weighted by atomic mass is 10.0. The van der Waals surface area contributed by atoms with Crippen LogP contribution >= 0.6 is 0 Å². The molecule has 0 fully saturated rings. The first-order valence-corrected chi connectivity index (χ1v) is 7.43. The Kier molecular flexibility index (Phi) is 6.40. The monoisotopic (exact) mass is 300 g/mol. The summed E-state index contributed by atoms with van der Waals surface area (Å²) in [6.45, 7) is 0.708.